The van der Waals surface area contributed by atoms with E-state index in [1.807, 2.05) is 36.4 Å². The predicted octanol–water partition coefficient (Wildman–Crippen LogP) is 3.31. The lowest BCUT2D eigenvalue weighted by Crippen LogP contribution is -2.38. The Morgan fingerprint density at radius 1 is 1.03 bits per heavy atom. The highest BCUT2D eigenvalue weighted by Gasteiger charge is 2.29. The fourth-order valence-corrected chi connectivity index (χ4v) is 3.54. The summed E-state index contributed by atoms with van der Waals surface area (Å²) in [5.74, 6) is -1.82. The van der Waals surface area contributed by atoms with Gasteiger partial charge in [-0.15, -0.1) is 0 Å². The van der Waals surface area contributed by atoms with E-state index >= 15 is 0 Å². The van der Waals surface area contributed by atoms with Crippen molar-refractivity contribution in [3.05, 3.63) is 71.3 Å². The molecule has 1 aliphatic rings. The van der Waals surface area contributed by atoms with Crippen LogP contribution in [0.4, 0.5) is 4.79 Å². The van der Waals surface area contributed by atoms with Crippen LogP contribution in [-0.4, -0.2) is 42.8 Å². The number of alkyl carbamates (subject to hydrolysis) is 1. The van der Waals surface area contributed by atoms with Crippen molar-refractivity contribution in [2.45, 2.75) is 19.8 Å². The summed E-state index contributed by atoms with van der Waals surface area (Å²) in [5, 5.41) is 14.0. The zero-order chi connectivity index (χ0) is 22.4. The minimum atomic E-state index is -1.03. The summed E-state index contributed by atoms with van der Waals surface area (Å²) < 4.78 is 5.45. The van der Waals surface area contributed by atoms with Crippen molar-refractivity contribution in [2.24, 2.45) is 5.92 Å². The van der Waals surface area contributed by atoms with Crippen LogP contribution in [-0.2, 0) is 14.3 Å². The molecular formula is C24H26N2O5. The molecule has 2 aromatic rings. The van der Waals surface area contributed by atoms with Gasteiger partial charge < -0.3 is 20.5 Å². The van der Waals surface area contributed by atoms with E-state index in [9.17, 15) is 14.4 Å². The number of aliphatic carboxylic acids is 1. The van der Waals surface area contributed by atoms with Crippen LogP contribution in [0.25, 0.3) is 11.1 Å². The number of amides is 2. The van der Waals surface area contributed by atoms with Gasteiger partial charge in [0, 0.05) is 24.6 Å². The standard InChI is InChI=1S/C24H26N2O5/c1-15(23(28)29)11-12-25-22(27)16(2)13-26-24(30)31-14-21-19-9-5-3-7-17(19)18-8-4-6-10-20(18)21/h3-11,16,21H,12-14H2,1-2H3,(H,25,27)(H,26,30)(H,28,29)/b15-11+. The number of hydrogen-bond acceptors (Lipinski definition) is 4. The highest BCUT2D eigenvalue weighted by atomic mass is 16.5. The fourth-order valence-electron chi connectivity index (χ4n) is 3.54. The van der Waals surface area contributed by atoms with Crippen LogP contribution in [0.1, 0.15) is 30.9 Å². The van der Waals surface area contributed by atoms with Crippen LogP contribution in [0, 0.1) is 5.92 Å². The Hall–Kier alpha value is -3.61. The minimum absolute atomic E-state index is 0.0249. The van der Waals surface area contributed by atoms with Gasteiger partial charge in [-0.25, -0.2) is 9.59 Å². The van der Waals surface area contributed by atoms with Crippen LogP contribution in [0.5, 0.6) is 0 Å². The Balaban J connectivity index is 1.48. The average molecular weight is 422 g/mol. The van der Waals surface area contributed by atoms with E-state index in [0.29, 0.717) is 0 Å². The van der Waals surface area contributed by atoms with E-state index in [-0.39, 0.29) is 37.1 Å². The van der Waals surface area contributed by atoms with E-state index in [4.69, 9.17) is 9.84 Å². The molecule has 0 heterocycles. The first-order chi connectivity index (χ1) is 14.9. The Morgan fingerprint density at radius 3 is 2.19 bits per heavy atom. The van der Waals surface area contributed by atoms with Gasteiger partial charge in [0.15, 0.2) is 0 Å². The first-order valence-corrected chi connectivity index (χ1v) is 10.1. The largest absolute Gasteiger partial charge is 0.478 e. The molecule has 1 atom stereocenters. The quantitative estimate of drug-likeness (QED) is 0.566. The van der Waals surface area contributed by atoms with Crippen molar-refractivity contribution in [3.63, 3.8) is 0 Å². The Bertz CT molecular complexity index is 969. The van der Waals surface area contributed by atoms with Crippen molar-refractivity contribution in [2.75, 3.05) is 19.7 Å². The number of carbonyl (C=O) groups excluding carboxylic acids is 2. The number of carboxylic acids is 1. The van der Waals surface area contributed by atoms with E-state index in [1.54, 1.807) is 6.92 Å². The van der Waals surface area contributed by atoms with Gasteiger partial charge in [-0.1, -0.05) is 61.5 Å². The summed E-state index contributed by atoms with van der Waals surface area (Å²) in [4.78, 5) is 35.0. The molecule has 0 radical (unpaired) electrons. The number of fused-ring (bicyclic) bond motifs is 3. The molecule has 0 aromatic heterocycles. The molecule has 0 saturated carbocycles. The molecule has 0 fully saturated rings. The Morgan fingerprint density at radius 2 is 1.61 bits per heavy atom. The highest BCUT2D eigenvalue weighted by Crippen LogP contribution is 2.44. The molecule has 1 aliphatic carbocycles. The molecule has 7 nitrogen and oxygen atoms in total. The molecule has 0 aliphatic heterocycles. The Kier molecular flexibility index (Phi) is 7.07. The molecule has 7 heteroatoms. The summed E-state index contributed by atoms with van der Waals surface area (Å²) in [6.07, 6.45) is 0.842. The summed E-state index contributed by atoms with van der Waals surface area (Å²) in [6, 6.07) is 16.2. The average Bonchev–Trinajstić information content (AvgIpc) is 3.09. The second kappa shape index (κ2) is 9.93. The third-order valence-electron chi connectivity index (χ3n) is 5.37. The number of benzene rings is 2. The lowest BCUT2D eigenvalue weighted by Gasteiger charge is -2.16. The molecule has 0 saturated heterocycles. The zero-order valence-corrected chi connectivity index (χ0v) is 17.6. The van der Waals surface area contributed by atoms with Gasteiger partial charge in [-0.3, -0.25) is 4.79 Å². The maximum Gasteiger partial charge on any atom is 0.407 e. The summed E-state index contributed by atoms with van der Waals surface area (Å²) in [6.45, 7) is 3.57. The van der Waals surface area contributed by atoms with Gasteiger partial charge in [-0.2, -0.15) is 0 Å². The SMILES string of the molecule is C/C(=C\CNC(=O)C(C)CNC(=O)OCC1c2ccccc2-c2ccccc21)C(=O)O. The third kappa shape index (κ3) is 5.31. The van der Waals surface area contributed by atoms with Crippen LogP contribution in [0.2, 0.25) is 0 Å². The van der Waals surface area contributed by atoms with Gasteiger partial charge in [0.05, 0.1) is 5.92 Å². The number of hydrogen-bond donors (Lipinski definition) is 3. The maximum atomic E-state index is 12.2. The topological polar surface area (TPSA) is 105 Å². The lowest BCUT2D eigenvalue weighted by molar-refractivity contribution is -0.132. The molecule has 1 unspecified atom stereocenters. The molecule has 162 valence electrons. The van der Waals surface area contributed by atoms with Gasteiger partial charge >= 0.3 is 12.1 Å². The molecular weight excluding hydrogens is 396 g/mol. The van der Waals surface area contributed by atoms with Gasteiger partial charge in [-0.05, 0) is 29.2 Å². The van der Waals surface area contributed by atoms with Crippen molar-refractivity contribution in [1.29, 1.82) is 0 Å². The number of carbonyl (C=O) groups is 3. The van der Waals surface area contributed by atoms with Crippen LogP contribution >= 0.6 is 0 Å². The third-order valence-corrected chi connectivity index (χ3v) is 5.37. The van der Waals surface area contributed by atoms with Gasteiger partial charge in [0.2, 0.25) is 5.91 Å². The Labute approximate surface area is 181 Å². The zero-order valence-electron chi connectivity index (χ0n) is 17.6. The van der Waals surface area contributed by atoms with Crippen LogP contribution in [0.3, 0.4) is 0 Å². The summed E-state index contributed by atoms with van der Waals surface area (Å²) in [5.41, 5.74) is 4.74. The van der Waals surface area contributed by atoms with Gasteiger partial charge in [0.1, 0.15) is 6.61 Å². The second-order valence-electron chi connectivity index (χ2n) is 7.54. The van der Waals surface area contributed by atoms with Crippen molar-refractivity contribution >= 4 is 18.0 Å². The molecule has 31 heavy (non-hydrogen) atoms. The number of ether oxygens (including phenoxy) is 1. The molecule has 2 amide bonds. The van der Waals surface area contributed by atoms with E-state index in [2.05, 4.69) is 22.8 Å². The van der Waals surface area contributed by atoms with E-state index in [1.165, 1.54) is 13.0 Å². The van der Waals surface area contributed by atoms with Crippen molar-refractivity contribution < 1.29 is 24.2 Å². The smallest absolute Gasteiger partial charge is 0.407 e. The van der Waals surface area contributed by atoms with Crippen molar-refractivity contribution in [3.8, 4) is 11.1 Å². The first kappa shape index (κ1) is 22.1. The number of carboxylic acid groups (broad SMARTS) is 1. The fraction of sp³-hybridized carbons (Fsp3) is 0.292. The predicted molar refractivity (Wildman–Crippen MR) is 117 cm³/mol. The van der Waals surface area contributed by atoms with Gasteiger partial charge in [0.25, 0.3) is 0 Å². The monoisotopic (exact) mass is 422 g/mol. The minimum Gasteiger partial charge on any atom is -0.478 e. The van der Waals surface area contributed by atoms with Crippen molar-refractivity contribution in [1.82, 2.24) is 10.6 Å². The first-order valence-electron chi connectivity index (χ1n) is 10.1. The molecule has 2 aromatic carbocycles. The van der Waals surface area contributed by atoms with E-state index < -0.39 is 18.0 Å². The van der Waals surface area contributed by atoms with E-state index in [0.717, 1.165) is 22.3 Å². The number of rotatable bonds is 8. The lowest BCUT2D eigenvalue weighted by atomic mass is 9.98. The normalized spacial score (nSPS) is 13.7. The van der Waals surface area contributed by atoms with Crippen LogP contribution < -0.4 is 10.6 Å². The molecule has 3 rings (SSSR count). The number of nitrogens with one attached hydrogen (secondary N) is 2. The summed E-state index contributed by atoms with van der Waals surface area (Å²) >= 11 is 0. The molecule has 0 bridgehead atoms. The molecule has 0 spiro atoms. The molecule has 3 N–H and O–H groups in total. The maximum absolute atomic E-state index is 12.2. The summed E-state index contributed by atoms with van der Waals surface area (Å²) in [7, 11) is 0. The second-order valence-corrected chi connectivity index (χ2v) is 7.54. The van der Waals surface area contributed by atoms with Crippen LogP contribution in [0.15, 0.2) is 60.2 Å². The highest BCUT2D eigenvalue weighted by molar-refractivity contribution is 5.86.